The van der Waals surface area contributed by atoms with Crippen LogP contribution in [0, 0.1) is 29.6 Å². The highest BCUT2D eigenvalue weighted by Gasteiger charge is 2.70. The van der Waals surface area contributed by atoms with Crippen molar-refractivity contribution in [1.82, 2.24) is 0 Å². The van der Waals surface area contributed by atoms with Gasteiger partial charge >= 0.3 is 5.97 Å². The van der Waals surface area contributed by atoms with Crippen molar-refractivity contribution in [2.75, 3.05) is 6.61 Å². The van der Waals surface area contributed by atoms with E-state index in [1.54, 1.807) is 39.8 Å². The van der Waals surface area contributed by atoms with Crippen LogP contribution in [-0.2, 0) is 19.7 Å². The second-order valence-electron chi connectivity index (χ2n) is 16.2. The molecule has 1 heterocycles. The molecule has 2 saturated carbocycles. The predicted molar refractivity (Wildman–Crippen MR) is 178 cm³/mol. The number of aromatic hydroxyl groups is 1. The first-order valence-corrected chi connectivity index (χ1v) is 17.1. The van der Waals surface area contributed by atoms with Crippen molar-refractivity contribution in [3.05, 3.63) is 41.0 Å². The number of carbonyl (C=O) groups is 1. The molecule has 0 aromatic heterocycles. The van der Waals surface area contributed by atoms with Gasteiger partial charge in [0, 0.05) is 23.8 Å². The van der Waals surface area contributed by atoms with Gasteiger partial charge in [-0.25, -0.2) is 0 Å². The Morgan fingerprint density at radius 1 is 1.08 bits per heavy atom. The first-order valence-electron chi connectivity index (χ1n) is 17.1. The van der Waals surface area contributed by atoms with E-state index in [1.807, 2.05) is 6.08 Å². The van der Waals surface area contributed by atoms with Gasteiger partial charge in [-0.05, 0) is 87.0 Å². The zero-order valence-corrected chi connectivity index (χ0v) is 29.6. The second-order valence-corrected chi connectivity index (χ2v) is 16.2. The maximum Gasteiger partial charge on any atom is 0.303 e. The summed E-state index contributed by atoms with van der Waals surface area (Å²) in [7, 11) is 0. The van der Waals surface area contributed by atoms with E-state index < -0.39 is 88.9 Å². The van der Waals surface area contributed by atoms with E-state index in [0.717, 1.165) is 11.1 Å². The van der Waals surface area contributed by atoms with Crippen molar-refractivity contribution in [2.45, 2.75) is 134 Å². The third-order valence-electron chi connectivity index (χ3n) is 12.6. The number of carbonyl (C=O) groups excluding carboxylic acids is 1. The van der Waals surface area contributed by atoms with Crippen LogP contribution in [0.25, 0.3) is 6.08 Å². The normalized spacial score (nSPS) is 40.6. The van der Waals surface area contributed by atoms with Gasteiger partial charge in [-0.3, -0.25) is 4.79 Å². The molecule has 3 aliphatic carbocycles. The van der Waals surface area contributed by atoms with Crippen LogP contribution in [0.5, 0.6) is 11.5 Å². The lowest BCUT2D eigenvalue weighted by Crippen LogP contribution is -2.60. The summed E-state index contributed by atoms with van der Waals surface area (Å²) < 4.78 is 16.7. The van der Waals surface area contributed by atoms with Crippen molar-refractivity contribution in [3.8, 4) is 11.5 Å². The molecule has 0 spiro atoms. The number of allylic oxidation sites excluding steroid dienone is 1. The molecule has 0 amide bonds. The van der Waals surface area contributed by atoms with Crippen molar-refractivity contribution in [2.24, 2.45) is 22.7 Å². The topological polar surface area (TPSA) is 207 Å². The number of hydrogen-bond acceptors (Lipinski definition) is 12. The summed E-state index contributed by atoms with van der Waals surface area (Å²) in [6.07, 6.45) is -1.12. The van der Waals surface area contributed by atoms with Crippen molar-refractivity contribution in [1.29, 1.82) is 0 Å². The van der Waals surface area contributed by atoms with Gasteiger partial charge < -0.3 is 55.1 Å². The van der Waals surface area contributed by atoms with E-state index in [9.17, 15) is 45.6 Å². The Hall–Kier alpha value is -2.55. The van der Waals surface area contributed by atoms with Crippen LogP contribution in [0.2, 0.25) is 0 Å². The largest absolute Gasteiger partial charge is 0.504 e. The lowest BCUT2D eigenvalue weighted by molar-refractivity contribution is -0.277. The van der Waals surface area contributed by atoms with Crippen LogP contribution in [-0.4, -0.2) is 108 Å². The van der Waals surface area contributed by atoms with E-state index in [1.165, 1.54) is 13.0 Å². The Labute approximate surface area is 287 Å². The molecule has 1 aliphatic heterocycles. The molecule has 3 fully saturated rings. The minimum Gasteiger partial charge on any atom is -0.504 e. The quantitative estimate of drug-likeness (QED) is 0.146. The minimum atomic E-state index is -1.73. The molecule has 8 N–H and O–H groups in total. The summed E-state index contributed by atoms with van der Waals surface area (Å²) in [4.78, 5) is 11.5. The molecule has 0 bridgehead atoms. The monoisotopic (exact) mass is 690 g/mol. The molecule has 49 heavy (non-hydrogen) atoms. The van der Waals surface area contributed by atoms with Gasteiger partial charge in [0.15, 0.2) is 11.5 Å². The summed E-state index contributed by atoms with van der Waals surface area (Å²) in [5.41, 5.74) is -2.16. The van der Waals surface area contributed by atoms with Crippen molar-refractivity contribution in [3.63, 3.8) is 0 Å². The van der Waals surface area contributed by atoms with Gasteiger partial charge in [0.05, 0.1) is 18.3 Å². The van der Waals surface area contributed by atoms with E-state index in [-0.39, 0.29) is 17.4 Å². The minimum absolute atomic E-state index is 0.0351. The van der Waals surface area contributed by atoms with Crippen LogP contribution >= 0.6 is 0 Å². The summed E-state index contributed by atoms with van der Waals surface area (Å²) in [5.74, 6) is -1.48. The number of rotatable bonds is 8. The molecule has 0 unspecified atom stereocenters. The van der Waals surface area contributed by atoms with Crippen LogP contribution < -0.4 is 4.74 Å². The van der Waals surface area contributed by atoms with E-state index in [0.29, 0.717) is 24.8 Å². The number of phenols is 1. The Balaban J connectivity index is 1.46. The SMILES string of the molecule is CC(=O)OC(C)(C)/C=C/[C@H](O)[C@](C)(O)[C@H]1[C@H](O)C[C@@]2(C)[C@@H]3C=Cc4c(cc(O)c(O[C@@H]5O[C@H](CO)[C@@H](O)[C@H](O)[C@H]5O)c4C)[C@]3(C)CC[C@]12C. The fraction of sp³-hybridized carbons (Fsp3) is 0.703. The van der Waals surface area contributed by atoms with Crippen LogP contribution in [0.1, 0.15) is 84.4 Å². The number of benzene rings is 1. The Kier molecular flexibility index (Phi) is 9.69. The molecule has 12 heteroatoms. The third kappa shape index (κ3) is 5.91. The maximum absolute atomic E-state index is 12.0. The van der Waals surface area contributed by atoms with Gasteiger partial charge in [-0.15, -0.1) is 0 Å². The molecule has 5 rings (SSSR count). The van der Waals surface area contributed by atoms with Gasteiger partial charge in [0.25, 0.3) is 0 Å². The lowest BCUT2D eigenvalue weighted by atomic mass is 9.42. The number of fused-ring (bicyclic) bond motifs is 5. The van der Waals surface area contributed by atoms with E-state index >= 15 is 0 Å². The molecule has 1 saturated heterocycles. The number of aliphatic hydroxyl groups is 7. The molecule has 13 atom stereocenters. The van der Waals surface area contributed by atoms with E-state index in [4.69, 9.17) is 14.2 Å². The predicted octanol–water partition coefficient (Wildman–Crippen LogP) is 1.98. The zero-order valence-electron chi connectivity index (χ0n) is 29.6. The maximum atomic E-state index is 12.0. The third-order valence-corrected chi connectivity index (χ3v) is 12.6. The molecule has 1 aromatic carbocycles. The summed E-state index contributed by atoms with van der Waals surface area (Å²) in [5, 5.41) is 86.9. The molecule has 12 nitrogen and oxygen atoms in total. The van der Waals surface area contributed by atoms with Crippen LogP contribution in [0.3, 0.4) is 0 Å². The lowest BCUT2D eigenvalue weighted by Gasteiger charge is -2.61. The molecular weight excluding hydrogens is 636 g/mol. The number of esters is 1. The molecule has 4 aliphatic rings. The van der Waals surface area contributed by atoms with Crippen molar-refractivity contribution < 1.29 is 59.9 Å². The smallest absolute Gasteiger partial charge is 0.303 e. The zero-order chi connectivity index (χ0) is 36.6. The van der Waals surface area contributed by atoms with Crippen molar-refractivity contribution >= 4 is 12.0 Å². The standard InChI is InChI=1S/C37H54O12/c1-18-20-9-10-25-34(5,21(20)15-22(40)30(18)48-32-29(45)28(44)27(43)24(17-38)47-32)13-14-35(6)31(23(41)16-36(25,35)7)37(8,46)26(42)11-12-33(3,4)49-19(2)39/h9-12,15,23-29,31-32,38,40-46H,13-14,16-17H2,1-8H3/b12-11+/t23-,24-,25-,26+,27-,28+,29-,31+,32+,34+,35-,36+,37+/m1/s1. The Morgan fingerprint density at radius 3 is 2.35 bits per heavy atom. The van der Waals surface area contributed by atoms with E-state index in [2.05, 4.69) is 26.8 Å². The highest BCUT2D eigenvalue weighted by Crippen LogP contribution is 2.72. The average molecular weight is 691 g/mol. The number of hydrogen-bond donors (Lipinski definition) is 8. The summed E-state index contributed by atoms with van der Waals surface area (Å²) >= 11 is 0. The average Bonchev–Trinajstić information content (AvgIpc) is 3.22. The molecule has 0 radical (unpaired) electrons. The number of ether oxygens (including phenoxy) is 3. The van der Waals surface area contributed by atoms with Gasteiger partial charge in [-0.1, -0.05) is 39.0 Å². The second kappa shape index (κ2) is 12.6. The molecule has 1 aromatic rings. The van der Waals surface area contributed by atoms with Gasteiger partial charge in [0.1, 0.15) is 36.1 Å². The number of aliphatic hydroxyl groups excluding tert-OH is 6. The van der Waals surface area contributed by atoms with Crippen LogP contribution in [0.4, 0.5) is 0 Å². The van der Waals surface area contributed by atoms with Crippen LogP contribution in [0.15, 0.2) is 24.3 Å². The van der Waals surface area contributed by atoms with Gasteiger partial charge in [-0.2, -0.15) is 0 Å². The first kappa shape index (κ1) is 37.7. The Bertz CT molecular complexity index is 1500. The summed E-state index contributed by atoms with van der Waals surface area (Å²) in [6, 6.07) is 1.64. The highest BCUT2D eigenvalue weighted by molar-refractivity contribution is 5.70. The number of phenolic OH excluding ortho intramolecular Hbond substituents is 1. The van der Waals surface area contributed by atoms with Gasteiger partial charge in [0.2, 0.25) is 6.29 Å². The fourth-order valence-electron chi connectivity index (χ4n) is 9.84. The fourth-order valence-corrected chi connectivity index (χ4v) is 9.84. The highest BCUT2D eigenvalue weighted by atomic mass is 16.7. The summed E-state index contributed by atoms with van der Waals surface area (Å²) in [6.45, 7) is 13.7. The first-order chi connectivity index (χ1) is 22.6. The Morgan fingerprint density at radius 2 is 1.73 bits per heavy atom. The molecule has 274 valence electrons. The molecular formula is C37H54O12.